The fraction of sp³-hybridized carbons (Fsp3) is 0.188. The molecule has 0 unspecified atom stereocenters. The molecule has 1 aliphatic rings. The van der Waals surface area contributed by atoms with Crippen molar-refractivity contribution in [3.8, 4) is 0 Å². The van der Waals surface area contributed by atoms with E-state index in [0.717, 1.165) is 36.4 Å². The second-order valence-corrected chi connectivity index (χ2v) is 9.10. The summed E-state index contributed by atoms with van der Waals surface area (Å²) in [6.07, 6.45) is 5.45. The Hall–Kier alpha value is -4.08. The van der Waals surface area contributed by atoms with Crippen molar-refractivity contribution in [3.05, 3.63) is 135 Å². The molecule has 0 bridgehead atoms. The van der Waals surface area contributed by atoms with Crippen LogP contribution in [0.25, 0.3) is 0 Å². The first-order valence-corrected chi connectivity index (χ1v) is 12.6. The first-order chi connectivity index (χ1) is 19.4. The van der Waals surface area contributed by atoms with E-state index in [-0.39, 0.29) is 38.4 Å². The Morgan fingerprint density at radius 3 is 1.21 bits per heavy atom. The maximum absolute atomic E-state index is 12.2. The third-order valence-corrected chi connectivity index (χ3v) is 6.22. The van der Waals surface area contributed by atoms with E-state index in [1.165, 1.54) is 67.6 Å². The minimum Gasteiger partial charge on any atom is -0.478 e. The molecule has 0 heterocycles. The van der Waals surface area contributed by atoms with Gasteiger partial charge in [-0.15, -0.1) is 0 Å². The van der Waals surface area contributed by atoms with Gasteiger partial charge in [0.25, 0.3) is 0 Å². The summed E-state index contributed by atoms with van der Waals surface area (Å²) in [6.45, 7) is 4.49. The Labute approximate surface area is 256 Å². The Bertz CT molecular complexity index is 1320. The summed E-state index contributed by atoms with van der Waals surface area (Å²) in [6, 6.07) is 16.4. The van der Waals surface area contributed by atoms with E-state index in [9.17, 15) is 27.6 Å². The number of hydrogen-bond acceptors (Lipinski definition) is 3. The molecule has 10 heteroatoms. The van der Waals surface area contributed by atoms with Gasteiger partial charge in [-0.3, -0.25) is 0 Å². The first-order valence-electron chi connectivity index (χ1n) is 12.6. The van der Waals surface area contributed by atoms with Crippen molar-refractivity contribution in [1.82, 2.24) is 0 Å². The number of halogens is 3. The standard InChI is InChI=1S/C11H15.3C7H5FO2.Ti/c1-8-7-10-5-3-4-6-11(10)9(8)2;3*8-6-3-1-5(2-4-6)7(9)10;/h7H,3-6H2,1-2H3;3*1-4H,(H,9,10);/q-1;;;;. The normalized spacial score (nSPS) is 11.0. The summed E-state index contributed by atoms with van der Waals surface area (Å²) in [4.78, 5) is 30.6. The summed E-state index contributed by atoms with van der Waals surface area (Å²) >= 11 is 0. The maximum atomic E-state index is 12.2. The smallest absolute Gasteiger partial charge is 0.335 e. The zero-order valence-electron chi connectivity index (χ0n) is 23.0. The van der Waals surface area contributed by atoms with Crippen LogP contribution in [0, 0.1) is 31.3 Å². The molecule has 4 aromatic carbocycles. The molecule has 0 aromatic heterocycles. The van der Waals surface area contributed by atoms with E-state index in [1.54, 1.807) is 16.7 Å². The van der Waals surface area contributed by atoms with Crippen molar-refractivity contribution in [2.24, 2.45) is 0 Å². The van der Waals surface area contributed by atoms with Crippen molar-refractivity contribution in [2.75, 3.05) is 0 Å². The van der Waals surface area contributed by atoms with Crippen LogP contribution in [0.1, 0.15) is 66.2 Å². The quantitative estimate of drug-likeness (QED) is 0.163. The van der Waals surface area contributed by atoms with Crippen LogP contribution in [0.2, 0.25) is 0 Å². The summed E-state index contributed by atoms with van der Waals surface area (Å²) in [5.41, 5.74) is 6.64. The molecule has 0 spiro atoms. The molecular weight excluding hydrogens is 585 g/mol. The van der Waals surface area contributed by atoms with Crippen LogP contribution in [-0.2, 0) is 34.6 Å². The van der Waals surface area contributed by atoms with E-state index < -0.39 is 35.4 Å². The third kappa shape index (κ3) is 11.8. The van der Waals surface area contributed by atoms with Crippen molar-refractivity contribution in [1.29, 1.82) is 0 Å². The number of rotatable bonds is 3. The van der Waals surface area contributed by atoms with Crippen molar-refractivity contribution < 1.29 is 64.6 Å². The van der Waals surface area contributed by atoms with Gasteiger partial charge in [0, 0.05) is 21.7 Å². The van der Waals surface area contributed by atoms with E-state index >= 15 is 0 Å². The average Bonchev–Trinajstić information content (AvgIpc) is 3.23. The zero-order valence-corrected chi connectivity index (χ0v) is 24.6. The monoisotopic (exact) mass is 615 g/mol. The van der Waals surface area contributed by atoms with E-state index in [4.69, 9.17) is 15.3 Å². The third-order valence-electron chi connectivity index (χ3n) is 6.22. The van der Waals surface area contributed by atoms with Crippen molar-refractivity contribution in [2.45, 2.75) is 39.5 Å². The van der Waals surface area contributed by atoms with E-state index in [2.05, 4.69) is 19.9 Å². The summed E-state index contributed by atoms with van der Waals surface area (Å²) in [7, 11) is 0. The molecule has 0 radical (unpaired) electrons. The average molecular weight is 615 g/mol. The zero-order chi connectivity index (χ0) is 30.5. The Balaban J connectivity index is 0.000000278. The number of fused-ring (bicyclic) bond motifs is 1. The largest absolute Gasteiger partial charge is 0.478 e. The summed E-state index contributed by atoms with van der Waals surface area (Å²) in [5.74, 6) is -4.40. The number of carboxylic acid groups (broad SMARTS) is 3. The van der Waals surface area contributed by atoms with Gasteiger partial charge in [0.05, 0.1) is 16.7 Å². The predicted octanol–water partition coefficient (Wildman–Crippen LogP) is 7.47. The molecule has 42 heavy (non-hydrogen) atoms. The molecule has 0 fully saturated rings. The summed E-state index contributed by atoms with van der Waals surface area (Å²) < 4.78 is 36.5. The Kier molecular flexibility index (Phi) is 15.1. The molecule has 5 rings (SSSR count). The molecule has 0 amide bonds. The van der Waals surface area contributed by atoms with E-state index in [0.29, 0.717) is 0 Å². The van der Waals surface area contributed by atoms with Crippen LogP contribution in [0.4, 0.5) is 13.2 Å². The number of aromatic carboxylic acids is 3. The molecule has 220 valence electrons. The first kappa shape index (κ1) is 36.0. The molecular formula is C32H30F3O6Ti-. The van der Waals surface area contributed by atoms with Gasteiger partial charge in [-0.05, 0) is 72.8 Å². The van der Waals surface area contributed by atoms with Crippen molar-refractivity contribution >= 4 is 17.9 Å². The van der Waals surface area contributed by atoms with Crippen LogP contribution in [-0.4, -0.2) is 33.2 Å². The van der Waals surface area contributed by atoms with Gasteiger partial charge in [-0.2, -0.15) is 22.3 Å². The molecule has 4 aromatic rings. The van der Waals surface area contributed by atoms with Crippen molar-refractivity contribution in [3.63, 3.8) is 0 Å². The van der Waals surface area contributed by atoms with Gasteiger partial charge < -0.3 is 15.3 Å². The van der Waals surface area contributed by atoms with E-state index in [1.807, 2.05) is 0 Å². The SMILES string of the molecule is Cc1cc2c([c-]1C)CCCC2.O=C(O)c1ccc(F)cc1.O=C(O)c1ccc(F)cc1.O=C(O)c1ccc(F)cc1.[Ti]. The fourth-order valence-corrected chi connectivity index (χ4v) is 3.90. The molecule has 0 saturated heterocycles. The van der Waals surface area contributed by atoms with Gasteiger partial charge in [0.2, 0.25) is 0 Å². The van der Waals surface area contributed by atoms with Gasteiger partial charge in [-0.25, -0.2) is 33.6 Å². The van der Waals surface area contributed by atoms with Crippen LogP contribution >= 0.6 is 0 Å². The number of aryl methyl sites for hydroxylation is 2. The van der Waals surface area contributed by atoms with Crippen LogP contribution in [0.15, 0.2) is 78.9 Å². The minimum atomic E-state index is -1.04. The van der Waals surface area contributed by atoms with Crippen LogP contribution in [0.5, 0.6) is 0 Å². The molecule has 0 aliphatic heterocycles. The topological polar surface area (TPSA) is 112 Å². The predicted molar refractivity (Wildman–Crippen MR) is 148 cm³/mol. The second kappa shape index (κ2) is 17.7. The number of carbonyl (C=O) groups is 3. The minimum absolute atomic E-state index is 0. The molecule has 1 aliphatic carbocycles. The molecule has 0 atom stereocenters. The van der Waals surface area contributed by atoms with Gasteiger partial charge in [0.15, 0.2) is 0 Å². The van der Waals surface area contributed by atoms with Gasteiger partial charge in [-0.1, -0.05) is 39.5 Å². The number of benzene rings is 3. The van der Waals surface area contributed by atoms with Gasteiger partial charge in [0.1, 0.15) is 17.5 Å². The maximum Gasteiger partial charge on any atom is 0.335 e. The molecule has 3 N–H and O–H groups in total. The molecule has 0 saturated carbocycles. The van der Waals surface area contributed by atoms with Crippen LogP contribution < -0.4 is 0 Å². The molecule has 6 nitrogen and oxygen atoms in total. The second-order valence-electron chi connectivity index (χ2n) is 9.10. The Morgan fingerprint density at radius 1 is 0.619 bits per heavy atom. The van der Waals surface area contributed by atoms with Gasteiger partial charge >= 0.3 is 17.9 Å². The van der Waals surface area contributed by atoms with Crippen LogP contribution in [0.3, 0.4) is 0 Å². The Morgan fingerprint density at radius 2 is 0.929 bits per heavy atom. The fourth-order valence-electron chi connectivity index (χ4n) is 3.90. The number of carboxylic acids is 3. The summed E-state index contributed by atoms with van der Waals surface area (Å²) in [5, 5.41) is 25.1. The number of hydrogen-bond donors (Lipinski definition) is 3.